The van der Waals surface area contributed by atoms with Crippen LogP contribution in [0, 0.1) is 5.92 Å². The van der Waals surface area contributed by atoms with E-state index in [4.69, 9.17) is 0 Å². The van der Waals surface area contributed by atoms with Crippen LogP contribution >= 0.6 is 11.3 Å². The molecule has 1 saturated carbocycles. The molecule has 22 heavy (non-hydrogen) atoms. The molecular formula is C17H21N3OS. The third-order valence-electron chi connectivity index (χ3n) is 4.39. The van der Waals surface area contributed by atoms with Crippen LogP contribution in [-0.2, 0) is 0 Å². The molecule has 1 unspecified atom stereocenters. The first-order valence-corrected chi connectivity index (χ1v) is 8.72. The molecule has 1 N–H and O–H groups in total. The van der Waals surface area contributed by atoms with Crippen LogP contribution in [0.25, 0.3) is 10.4 Å². The fourth-order valence-electron chi connectivity index (χ4n) is 3.07. The van der Waals surface area contributed by atoms with E-state index in [2.05, 4.69) is 22.2 Å². The number of rotatable bonds is 4. The SMILES string of the molecule is CC(NC(=O)c1ccc(-c2cncnc2)s1)C1CCCCC1. The molecule has 0 saturated heterocycles. The predicted octanol–water partition coefficient (Wildman–Crippen LogP) is 3.90. The highest BCUT2D eigenvalue weighted by Crippen LogP contribution is 2.29. The van der Waals surface area contributed by atoms with E-state index in [0.29, 0.717) is 5.92 Å². The Morgan fingerprint density at radius 2 is 1.95 bits per heavy atom. The van der Waals surface area contributed by atoms with Gasteiger partial charge in [-0.3, -0.25) is 4.79 Å². The average Bonchev–Trinajstić information content (AvgIpc) is 3.06. The minimum atomic E-state index is 0.0335. The van der Waals surface area contributed by atoms with Crippen LogP contribution in [0.5, 0.6) is 0 Å². The minimum absolute atomic E-state index is 0.0335. The normalized spacial score (nSPS) is 17.1. The minimum Gasteiger partial charge on any atom is -0.349 e. The van der Waals surface area contributed by atoms with E-state index in [9.17, 15) is 4.79 Å². The maximum Gasteiger partial charge on any atom is 0.261 e. The van der Waals surface area contributed by atoms with Gasteiger partial charge in [-0.05, 0) is 37.8 Å². The number of hydrogen-bond donors (Lipinski definition) is 1. The Labute approximate surface area is 135 Å². The Kier molecular flexibility index (Phi) is 4.83. The van der Waals surface area contributed by atoms with E-state index in [1.165, 1.54) is 49.8 Å². The fraction of sp³-hybridized carbons (Fsp3) is 0.471. The molecule has 2 aromatic heterocycles. The zero-order chi connectivity index (χ0) is 15.4. The summed E-state index contributed by atoms with van der Waals surface area (Å²) in [5, 5.41) is 3.17. The van der Waals surface area contributed by atoms with Gasteiger partial charge in [0.2, 0.25) is 0 Å². The molecule has 0 aliphatic heterocycles. The van der Waals surface area contributed by atoms with Gasteiger partial charge in [-0.25, -0.2) is 9.97 Å². The number of hydrogen-bond acceptors (Lipinski definition) is 4. The van der Waals surface area contributed by atoms with Gasteiger partial charge >= 0.3 is 0 Å². The van der Waals surface area contributed by atoms with Crippen molar-refractivity contribution in [1.29, 1.82) is 0 Å². The summed E-state index contributed by atoms with van der Waals surface area (Å²) in [6, 6.07) is 4.10. The molecule has 0 bridgehead atoms. The van der Waals surface area contributed by atoms with Gasteiger partial charge in [0.15, 0.2) is 0 Å². The molecule has 0 spiro atoms. The van der Waals surface area contributed by atoms with Crippen LogP contribution in [0.4, 0.5) is 0 Å². The van der Waals surface area contributed by atoms with Crippen LogP contribution in [0.2, 0.25) is 0 Å². The summed E-state index contributed by atoms with van der Waals surface area (Å²) >= 11 is 1.49. The molecule has 0 aromatic carbocycles. The Morgan fingerprint density at radius 1 is 1.23 bits per heavy atom. The second kappa shape index (κ2) is 7.01. The number of carbonyl (C=O) groups excluding carboxylic acids is 1. The second-order valence-corrected chi connectivity index (χ2v) is 7.04. The summed E-state index contributed by atoms with van der Waals surface area (Å²) in [6.07, 6.45) is 11.4. The van der Waals surface area contributed by atoms with Crippen molar-refractivity contribution in [2.75, 3.05) is 0 Å². The molecule has 2 aromatic rings. The number of thiophene rings is 1. The number of aromatic nitrogens is 2. The van der Waals surface area contributed by atoms with Crippen molar-refractivity contribution in [1.82, 2.24) is 15.3 Å². The summed E-state index contributed by atoms with van der Waals surface area (Å²) < 4.78 is 0. The van der Waals surface area contributed by atoms with E-state index in [1.807, 2.05) is 12.1 Å². The van der Waals surface area contributed by atoms with Crippen LogP contribution in [0.1, 0.15) is 48.7 Å². The van der Waals surface area contributed by atoms with E-state index in [0.717, 1.165) is 15.3 Å². The van der Waals surface area contributed by atoms with Gasteiger partial charge < -0.3 is 5.32 Å². The standard InChI is InChI=1S/C17H21N3OS/c1-12(13-5-3-2-4-6-13)20-17(21)16-8-7-15(22-16)14-9-18-11-19-10-14/h7-13H,2-6H2,1H3,(H,20,21). The van der Waals surface area contributed by atoms with Gasteiger partial charge in [0, 0.05) is 28.9 Å². The molecule has 1 amide bonds. The number of nitrogens with one attached hydrogen (secondary N) is 1. The lowest BCUT2D eigenvalue weighted by molar-refractivity contribution is 0.0923. The zero-order valence-corrected chi connectivity index (χ0v) is 13.6. The topological polar surface area (TPSA) is 54.9 Å². The summed E-state index contributed by atoms with van der Waals surface area (Å²) in [4.78, 5) is 22.2. The largest absolute Gasteiger partial charge is 0.349 e. The molecule has 5 heteroatoms. The second-order valence-electron chi connectivity index (χ2n) is 5.95. The molecule has 116 valence electrons. The van der Waals surface area contributed by atoms with E-state index < -0.39 is 0 Å². The molecule has 2 heterocycles. The Balaban J connectivity index is 1.64. The molecule has 1 aliphatic carbocycles. The highest BCUT2D eigenvalue weighted by Gasteiger charge is 2.22. The van der Waals surface area contributed by atoms with Gasteiger partial charge in [0.1, 0.15) is 6.33 Å². The lowest BCUT2D eigenvalue weighted by Gasteiger charge is -2.28. The Bertz CT molecular complexity index is 620. The molecule has 1 atom stereocenters. The van der Waals surface area contributed by atoms with Crippen molar-refractivity contribution in [2.24, 2.45) is 5.92 Å². The van der Waals surface area contributed by atoms with Gasteiger partial charge in [0.05, 0.1) is 4.88 Å². The third-order valence-corrected chi connectivity index (χ3v) is 5.52. The lowest BCUT2D eigenvalue weighted by atomic mass is 9.84. The third kappa shape index (κ3) is 3.53. The van der Waals surface area contributed by atoms with Crippen molar-refractivity contribution in [3.8, 4) is 10.4 Å². The molecule has 1 aliphatic rings. The smallest absolute Gasteiger partial charge is 0.261 e. The van der Waals surface area contributed by atoms with E-state index in [-0.39, 0.29) is 11.9 Å². The Hall–Kier alpha value is -1.75. The van der Waals surface area contributed by atoms with Crippen LogP contribution in [0.15, 0.2) is 30.9 Å². The van der Waals surface area contributed by atoms with Crippen LogP contribution in [0.3, 0.4) is 0 Å². The first kappa shape index (κ1) is 15.2. The zero-order valence-electron chi connectivity index (χ0n) is 12.8. The van der Waals surface area contributed by atoms with Gasteiger partial charge in [0.25, 0.3) is 5.91 Å². The summed E-state index contributed by atoms with van der Waals surface area (Å²) in [6.45, 7) is 2.13. The number of nitrogens with zero attached hydrogens (tertiary/aromatic N) is 2. The summed E-state index contributed by atoms with van der Waals surface area (Å²) in [7, 11) is 0. The van der Waals surface area contributed by atoms with Gasteiger partial charge in [-0.1, -0.05) is 19.3 Å². The Morgan fingerprint density at radius 3 is 2.68 bits per heavy atom. The molecule has 1 fully saturated rings. The summed E-state index contributed by atoms with van der Waals surface area (Å²) in [5.74, 6) is 0.658. The van der Waals surface area contributed by atoms with Gasteiger partial charge in [-0.15, -0.1) is 11.3 Å². The van der Waals surface area contributed by atoms with Crippen molar-refractivity contribution < 1.29 is 4.79 Å². The number of carbonyl (C=O) groups is 1. The highest BCUT2D eigenvalue weighted by atomic mass is 32.1. The van der Waals surface area contributed by atoms with Gasteiger partial charge in [-0.2, -0.15) is 0 Å². The van der Waals surface area contributed by atoms with Crippen molar-refractivity contribution in [2.45, 2.75) is 45.1 Å². The fourth-order valence-corrected chi connectivity index (χ4v) is 3.96. The highest BCUT2D eigenvalue weighted by molar-refractivity contribution is 7.17. The van der Waals surface area contributed by atoms with Crippen molar-refractivity contribution >= 4 is 17.2 Å². The number of amides is 1. The van der Waals surface area contributed by atoms with Crippen molar-refractivity contribution in [3.63, 3.8) is 0 Å². The lowest BCUT2D eigenvalue weighted by Crippen LogP contribution is -2.38. The van der Waals surface area contributed by atoms with Crippen LogP contribution < -0.4 is 5.32 Å². The molecule has 4 nitrogen and oxygen atoms in total. The maximum atomic E-state index is 12.4. The molecule has 0 radical (unpaired) electrons. The maximum absolute atomic E-state index is 12.4. The first-order valence-electron chi connectivity index (χ1n) is 7.90. The van der Waals surface area contributed by atoms with E-state index >= 15 is 0 Å². The van der Waals surface area contributed by atoms with Crippen LogP contribution in [-0.4, -0.2) is 21.9 Å². The van der Waals surface area contributed by atoms with E-state index in [1.54, 1.807) is 12.4 Å². The molecule has 3 rings (SSSR count). The quantitative estimate of drug-likeness (QED) is 0.931. The molecular weight excluding hydrogens is 294 g/mol. The first-order chi connectivity index (χ1) is 10.7. The summed E-state index contributed by atoms with van der Waals surface area (Å²) in [5.41, 5.74) is 0.951. The van der Waals surface area contributed by atoms with Crippen molar-refractivity contribution in [3.05, 3.63) is 35.7 Å². The predicted molar refractivity (Wildman–Crippen MR) is 88.8 cm³/mol. The monoisotopic (exact) mass is 315 g/mol. The average molecular weight is 315 g/mol.